The van der Waals surface area contributed by atoms with Crippen molar-refractivity contribution in [2.24, 2.45) is 5.73 Å². The van der Waals surface area contributed by atoms with Crippen molar-refractivity contribution in [2.75, 3.05) is 80.7 Å². The number of hydrogen-bond acceptors (Lipinski definition) is 25. The first-order chi connectivity index (χ1) is 52.5. The van der Waals surface area contributed by atoms with Gasteiger partial charge in [-0.15, -0.1) is 45.3 Å². The number of nitrogens with two attached hydrogens (primary N) is 1. The number of carbonyl (C=O) groups excluding carboxylic acids is 3. The van der Waals surface area contributed by atoms with Crippen molar-refractivity contribution in [1.29, 1.82) is 0 Å². The first-order valence-electron chi connectivity index (χ1n) is 32.6. The van der Waals surface area contributed by atoms with Gasteiger partial charge in [0.25, 0.3) is 17.7 Å². The lowest BCUT2D eigenvalue weighted by molar-refractivity contribution is -0.132. The third kappa shape index (κ3) is 22.2. The summed E-state index contributed by atoms with van der Waals surface area (Å²) in [6, 6.07) is 38.6. The average molecular weight is 1580 g/mol. The van der Waals surface area contributed by atoms with E-state index in [9.17, 15) is 56.2 Å². The van der Waals surface area contributed by atoms with Crippen molar-refractivity contribution in [1.82, 2.24) is 34.6 Å². The number of anilines is 7. The molecule has 109 heavy (non-hydrogen) atoms. The first-order valence-corrected chi connectivity index (χ1v) is 37.6. The van der Waals surface area contributed by atoms with Gasteiger partial charge in [0.2, 0.25) is 10.0 Å². The molecule has 5 heterocycles. The standard InChI is InChI=1S/C19H25N5O6S2.C19H17N3O4S.2C18H15FN2O3S/c1-14(18(25)22-27)24(7-6-23-8-10-30-11-9-23)32(28,29)16-4-2-15(3-5-16)21-19(26)17-12-20-13-31-17;1-26-17-8-14(5-6-16(17)18(20)23)22(10-15-9-21-11-27-15)13-4-2-3-12(7-13)19(24)25;1-24-17-7-6-14(8-16(17)19)21(10-15-9-20-11-25-15)13-4-2-12(3-5-13)18(22)23;1-24-17-6-5-14(8-16(17)19)21(10-15-9-20-11-25-15)13-4-2-3-12(7-13)18(22)23/h2-5,12-14,27H,6-11H2,1H3,(H,21,26)(H,22,25);2-9,11H,10H2,1H3,(H2,20,23)(H,24,25);2*2-9,11H,10H2,1H3,(H,22,23). The van der Waals surface area contributed by atoms with E-state index in [4.69, 9.17) is 35.0 Å². The fourth-order valence-corrected chi connectivity index (χ4v) is 14.5. The number of rotatable bonds is 28. The third-order valence-corrected chi connectivity index (χ3v) is 21.4. The predicted octanol–water partition coefficient (Wildman–Crippen LogP) is 12.6. The number of primary amides is 1. The molecule has 1 unspecified atom stereocenters. The molecule has 0 saturated carbocycles. The number of benzene rings is 7. The minimum Gasteiger partial charge on any atom is -0.496 e. The van der Waals surface area contributed by atoms with E-state index >= 15 is 0 Å². The number of nitrogens with zero attached hydrogens (tertiary/aromatic N) is 9. The number of amides is 3. The number of hydroxylamine groups is 1. The van der Waals surface area contributed by atoms with E-state index in [0.29, 0.717) is 91.5 Å². The zero-order valence-electron chi connectivity index (χ0n) is 58.6. The van der Waals surface area contributed by atoms with Crippen LogP contribution < -0.4 is 45.4 Å². The quantitative estimate of drug-likeness (QED) is 0.0177. The van der Waals surface area contributed by atoms with Crippen molar-refractivity contribution in [3.05, 3.63) is 252 Å². The van der Waals surface area contributed by atoms with Crippen molar-refractivity contribution in [3.63, 3.8) is 0 Å². The molecule has 12 rings (SSSR count). The van der Waals surface area contributed by atoms with Crippen LogP contribution in [-0.2, 0) is 39.2 Å². The van der Waals surface area contributed by atoms with E-state index in [1.54, 1.807) is 126 Å². The van der Waals surface area contributed by atoms with E-state index < -0.39 is 57.4 Å². The van der Waals surface area contributed by atoms with Gasteiger partial charge in [-0.25, -0.2) is 37.1 Å². The van der Waals surface area contributed by atoms with E-state index in [2.05, 4.69) is 25.3 Å². The number of hydrogen-bond donors (Lipinski definition) is 7. The van der Waals surface area contributed by atoms with Crippen LogP contribution in [0.5, 0.6) is 17.2 Å². The van der Waals surface area contributed by atoms with Gasteiger partial charge in [-0.3, -0.25) is 44.4 Å². The third-order valence-electron chi connectivity index (χ3n) is 16.3. The van der Waals surface area contributed by atoms with Gasteiger partial charge in [-0.1, -0.05) is 12.1 Å². The molecule has 0 radical (unpaired) electrons. The number of carbonyl (C=O) groups is 6. The Morgan fingerprint density at radius 3 is 1.42 bits per heavy atom. The van der Waals surface area contributed by atoms with Crippen LogP contribution in [0.2, 0.25) is 0 Å². The highest BCUT2D eigenvalue weighted by molar-refractivity contribution is 7.89. The van der Waals surface area contributed by atoms with Gasteiger partial charge in [0.1, 0.15) is 16.7 Å². The number of nitrogens with one attached hydrogen (secondary N) is 2. The van der Waals surface area contributed by atoms with Crippen LogP contribution in [0.3, 0.4) is 0 Å². The molecule has 1 aliphatic rings. The van der Waals surface area contributed by atoms with Crippen molar-refractivity contribution in [3.8, 4) is 17.2 Å². The Morgan fingerprint density at radius 2 is 1.00 bits per heavy atom. The number of sulfonamides is 1. The Kier molecular flexibility index (Phi) is 29.3. The fraction of sp³-hybridized carbons (Fsp3) is 0.189. The second-order valence-corrected chi connectivity index (χ2v) is 28.9. The highest BCUT2D eigenvalue weighted by Crippen LogP contribution is 2.36. The van der Waals surface area contributed by atoms with Gasteiger partial charge in [-0.2, -0.15) is 4.31 Å². The number of halogens is 2. The summed E-state index contributed by atoms with van der Waals surface area (Å²) in [5, 5.41) is 39.3. The first kappa shape index (κ1) is 81.4. The van der Waals surface area contributed by atoms with E-state index in [1.807, 2.05) is 25.7 Å². The van der Waals surface area contributed by atoms with Crippen LogP contribution in [0.15, 0.2) is 203 Å². The van der Waals surface area contributed by atoms with Gasteiger partial charge in [0.15, 0.2) is 23.1 Å². The highest BCUT2D eigenvalue weighted by atomic mass is 32.2. The number of carboxylic acids is 3. The van der Waals surface area contributed by atoms with Gasteiger partial charge >= 0.3 is 17.9 Å². The molecule has 1 fully saturated rings. The number of aromatic nitrogens is 4. The molecule has 0 aliphatic carbocycles. The molecule has 0 spiro atoms. The van der Waals surface area contributed by atoms with Crippen LogP contribution in [0, 0.1) is 11.6 Å². The number of methoxy groups -OCH3 is 3. The van der Waals surface area contributed by atoms with Gasteiger partial charge in [-0.05, 0) is 128 Å². The predicted molar refractivity (Wildman–Crippen MR) is 409 cm³/mol. The number of aromatic carboxylic acids is 3. The molecular formula is C74H72F2N12O16S5. The molecule has 8 N–H and O–H groups in total. The maximum atomic E-state index is 14.2. The number of ether oxygens (including phenoxy) is 4. The molecular weight excluding hydrogens is 1510 g/mol. The molecule has 1 atom stereocenters. The zero-order chi connectivity index (χ0) is 78.2. The fourth-order valence-electron chi connectivity index (χ4n) is 10.7. The number of carboxylic acid groups (broad SMARTS) is 3. The molecule has 568 valence electrons. The minimum atomic E-state index is -4.06. The molecule has 1 saturated heterocycles. The van der Waals surface area contributed by atoms with Gasteiger partial charge in [0, 0.05) is 117 Å². The van der Waals surface area contributed by atoms with Gasteiger partial charge in [0.05, 0.1) is 110 Å². The number of thiazole rings is 4. The van der Waals surface area contributed by atoms with Crippen LogP contribution >= 0.6 is 45.3 Å². The molecule has 35 heteroatoms. The van der Waals surface area contributed by atoms with Crippen LogP contribution in [0.25, 0.3) is 0 Å². The largest absolute Gasteiger partial charge is 0.496 e. The SMILES string of the molecule is CC(C(=O)NO)N(CCN1CCOCC1)S(=O)(=O)c1ccc(NC(=O)c2cncs2)cc1.COc1cc(N(Cc2cncs2)c2cccc(C(=O)O)c2)ccc1C(N)=O.COc1ccc(N(Cc2cncs2)c2ccc(C(=O)O)cc2)cc1F.COc1ccc(N(Cc2cncs2)c2cccc(C(=O)O)c2)cc1F. The second-order valence-electron chi connectivity index (χ2n) is 23.2. The van der Waals surface area contributed by atoms with Crippen molar-refractivity contribution in [2.45, 2.75) is 37.5 Å². The molecule has 11 aromatic rings. The van der Waals surface area contributed by atoms with E-state index in [0.717, 1.165) is 30.3 Å². The van der Waals surface area contributed by atoms with E-state index in [-0.39, 0.29) is 51.1 Å². The summed E-state index contributed by atoms with van der Waals surface area (Å²) in [7, 11) is 0.221. The van der Waals surface area contributed by atoms with Crippen molar-refractivity contribution < 1.29 is 85.4 Å². The summed E-state index contributed by atoms with van der Waals surface area (Å²) in [5.74, 6) is -5.03. The normalized spacial score (nSPS) is 12.1. The summed E-state index contributed by atoms with van der Waals surface area (Å²) in [4.78, 5) is 96.5. The Labute approximate surface area is 640 Å². The van der Waals surface area contributed by atoms with Crippen LogP contribution in [-0.4, -0.2) is 160 Å². The topological polar surface area (TPSA) is 372 Å². The van der Waals surface area contributed by atoms with E-state index in [1.165, 1.54) is 146 Å². The maximum absolute atomic E-state index is 14.2. The summed E-state index contributed by atoms with van der Waals surface area (Å²) in [5.41, 5.74) is 18.9. The lowest BCUT2D eigenvalue weighted by Gasteiger charge is -2.31. The van der Waals surface area contributed by atoms with Crippen LogP contribution in [0.1, 0.15) is 72.7 Å². The summed E-state index contributed by atoms with van der Waals surface area (Å²) < 4.78 is 76.5. The second kappa shape index (κ2) is 39.3. The van der Waals surface area contributed by atoms with Crippen LogP contribution in [0.4, 0.5) is 48.6 Å². The lowest BCUT2D eigenvalue weighted by atomic mass is 10.1. The Morgan fingerprint density at radius 1 is 0.560 bits per heavy atom. The molecule has 0 bridgehead atoms. The Hall–Kier alpha value is -11.7. The Balaban J connectivity index is 0.000000168. The number of morpholine rings is 1. The zero-order valence-corrected chi connectivity index (χ0v) is 62.7. The lowest BCUT2D eigenvalue weighted by Crippen LogP contribution is -2.50. The average Bonchev–Trinajstić information content (AvgIpc) is 1.36. The van der Waals surface area contributed by atoms with Gasteiger partial charge < -0.3 is 60.0 Å². The summed E-state index contributed by atoms with van der Waals surface area (Å²) in [6.45, 7) is 5.75. The highest BCUT2D eigenvalue weighted by Gasteiger charge is 2.34. The monoisotopic (exact) mass is 1580 g/mol. The molecule has 3 amide bonds. The molecule has 1 aliphatic heterocycles. The Bertz CT molecular complexity index is 4970. The summed E-state index contributed by atoms with van der Waals surface area (Å²) in [6.07, 6.45) is 6.69. The maximum Gasteiger partial charge on any atom is 0.335 e. The van der Waals surface area contributed by atoms with Crippen molar-refractivity contribution >= 4 is 131 Å². The smallest absolute Gasteiger partial charge is 0.335 e. The molecule has 28 nitrogen and oxygen atoms in total. The minimum absolute atomic E-state index is 0.0344. The molecule has 4 aromatic heterocycles. The summed E-state index contributed by atoms with van der Waals surface area (Å²) >= 11 is 5.66. The molecule has 7 aromatic carbocycles.